The highest BCUT2D eigenvalue weighted by Gasteiger charge is 2.39. The van der Waals surface area contributed by atoms with Gasteiger partial charge in [-0.1, -0.05) is 13.3 Å². The van der Waals surface area contributed by atoms with Crippen LogP contribution in [0, 0.1) is 5.92 Å². The van der Waals surface area contributed by atoms with Crippen molar-refractivity contribution in [3.63, 3.8) is 0 Å². The zero-order chi connectivity index (χ0) is 14.0. The van der Waals surface area contributed by atoms with Gasteiger partial charge in [-0.05, 0) is 25.7 Å². The molecule has 3 unspecified atom stereocenters. The number of nitrogens with zero attached hydrogens (tertiary/aromatic N) is 1. The Labute approximate surface area is 114 Å². The van der Waals surface area contributed by atoms with Gasteiger partial charge in [0.25, 0.3) is 0 Å². The molecule has 5 nitrogen and oxygen atoms in total. The van der Waals surface area contributed by atoms with Gasteiger partial charge in [0.15, 0.2) is 9.84 Å². The smallest absolute Gasteiger partial charge is 0.240 e. The maximum atomic E-state index is 12.4. The summed E-state index contributed by atoms with van der Waals surface area (Å²) in [5.41, 5.74) is 0. The maximum absolute atomic E-state index is 12.4. The van der Waals surface area contributed by atoms with E-state index in [-0.39, 0.29) is 23.7 Å². The van der Waals surface area contributed by atoms with Crippen LogP contribution in [-0.4, -0.2) is 54.5 Å². The van der Waals surface area contributed by atoms with Gasteiger partial charge in [0, 0.05) is 19.0 Å². The van der Waals surface area contributed by atoms with Crippen molar-refractivity contribution in [1.82, 2.24) is 4.90 Å². The van der Waals surface area contributed by atoms with Gasteiger partial charge in [0.05, 0.1) is 11.9 Å². The van der Waals surface area contributed by atoms with E-state index in [0.29, 0.717) is 32.4 Å². The summed E-state index contributed by atoms with van der Waals surface area (Å²) < 4.78 is 24.0. The third-order valence-corrected chi connectivity index (χ3v) is 6.55. The van der Waals surface area contributed by atoms with Gasteiger partial charge in [-0.25, -0.2) is 8.42 Å². The summed E-state index contributed by atoms with van der Waals surface area (Å²) in [5, 5.41) is 8.99. The average Bonchev–Trinajstić information content (AvgIpc) is 2.38. The number of aliphatic hydroxyl groups excluding tert-OH is 1. The van der Waals surface area contributed by atoms with Crippen molar-refractivity contribution < 1.29 is 18.3 Å². The van der Waals surface area contributed by atoms with Crippen LogP contribution in [0.15, 0.2) is 0 Å². The van der Waals surface area contributed by atoms with Crippen molar-refractivity contribution in [2.24, 2.45) is 5.92 Å². The zero-order valence-electron chi connectivity index (χ0n) is 11.4. The summed E-state index contributed by atoms with van der Waals surface area (Å²) in [5.74, 6) is -0.0362. The number of rotatable bonds is 2. The molecule has 0 aromatic rings. The van der Waals surface area contributed by atoms with Crippen molar-refractivity contribution in [2.75, 3.05) is 18.8 Å². The van der Waals surface area contributed by atoms with E-state index in [0.717, 1.165) is 12.8 Å². The van der Waals surface area contributed by atoms with Crippen molar-refractivity contribution in [2.45, 2.75) is 50.4 Å². The minimum atomic E-state index is -3.26. The molecule has 2 fully saturated rings. The lowest BCUT2D eigenvalue weighted by atomic mass is 9.92. The molecule has 2 saturated heterocycles. The lowest BCUT2D eigenvalue weighted by molar-refractivity contribution is -0.134. The molecular weight excluding hydrogens is 266 g/mol. The summed E-state index contributed by atoms with van der Waals surface area (Å²) in [6.07, 6.45) is 2.93. The van der Waals surface area contributed by atoms with Gasteiger partial charge in [0.1, 0.15) is 5.25 Å². The molecule has 19 heavy (non-hydrogen) atoms. The minimum Gasteiger partial charge on any atom is -0.393 e. The van der Waals surface area contributed by atoms with E-state index in [9.17, 15) is 18.3 Å². The number of aliphatic hydroxyl groups is 1. The molecule has 0 spiro atoms. The molecule has 3 atom stereocenters. The zero-order valence-corrected chi connectivity index (χ0v) is 12.2. The SMILES string of the molecule is CCC1CN(C(=O)C2CCCCS2(=O)=O)CCC1O. The van der Waals surface area contributed by atoms with Gasteiger partial charge in [0.2, 0.25) is 5.91 Å². The van der Waals surface area contributed by atoms with Crippen molar-refractivity contribution in [3.8, 4) is 0 Å². The number of carbonyl (C=O) groups is 1. The third-order valence-electron chi connectivity index (χ3n) is 4.38. The van der Waals surface area contributed by atoms with Crippen LogP contribution in [0.2, 0.25) is 0 Å². The Bertz CT molecular complexity index is 434. The molecule has 1 amide bonds. The second-order valence-electron chi connectivity index (χ2n) is 5.66. The Morgan fingerprint density at radius 1 is 1.32 bits per heavy atom. The Balaban J connectivity index is 2.07. The van der Waals surface area contributed by atoms with Gasteiger partial charge in [-0.15, -0.1) is 0 Å². The number of likely N-dealkylation sites (tertiary alicyclic amines) is 1. The second kappa shape index (κ2) is 5.79. The molecule has 0 bridgehead atoms. The number of sulfone groups is 1. The Morgan fingerprint density at radius 3 is 2.68 bits per heavy atom. The summed E-state index contributed by atoms with van der Waals surface area (Å²) in [6, 6.07) is 0. The molecule has 0 saturated carbocycles. The lowest BCUT2D eigenvalue weighted by Gasteiger charge is -2.37. The normalized spacial score (nSPS) is 35.1. The Hall–Kier alpha value is -0.620. The fourth-order valence-corrected chi connectivity index (χ4v) is 4.93. The first-order chi connectivity index (χ1) is 8.95. The van der Waals surface area contributed by atoms with Gasteiger partial charge in [-0.3, -0.25) is 4.79 Å². The highest BCUT2D eigenvalue weighted by molar-refractivity contribution is 7.92. The average molecular weight is 289 g/mol. The van der Waals surface area contributed by atoms with E-state index in [1.807, 2.05) is 6.92 Å². The van der Waals surface area contributed by atoms with E-state index >= 15 is 0 Å². The highest BCUT2D eigenvalue weighted by Crippen LogP contribution is 2.25. The van der Waals surface area contributed by atoms with Gasteiger partial charge >= 0.3 is 0 Å². The van der Waals surface area contributed by atoms with E-state index in [1.54, 1.807) is 4.90 Å². The summed E-state index contributed by atoms with van der Waals surface area (Å²) in [4.78, 5) is 14.0. The van der Waals surface area contributed by atoms with Gasteiger partial charge in [-0.2, -0.15) is 0 Å². The monoisotopic (exact) mass is 289 g/mol. The first kappa shape index (κ1) is 14.8. The van der Waals surface area contributed by atoms with E-state index in [1.165, 1.54) is 0 Å². The molecule has 6 heteroatoms. The fourth-order valence-electron chi connectivity index (χ4n) is 3.06. The van der Waals surface area contributed by atoms with Crippen molar-refractivity contribution in [3.05, 3.63) is 0 Å². The van der Waals surface area contributed by atoms with Crippen LogP contribution in [-0.2, 0) is 14.6 Å². The molecule has 2 aliphatic heterocycles. The number of hydrogen-bond acceptors (Lipinski definition) is 4. The molecule has 0 aliphatic carbocycles. The summed E-state index contributed by atoms with van der Waals surface area (Å²) in [7, 11) is -3.26. The first-order valence-electron chi connectivity index (χ1n) is 7.14. The van der Waals surface area contributed by atoms with Crippen molar-refractivity contribution in [1.29, 1.82) is 0 Å². The largest absolute Gasteiger partial charge is 0.393 e. The molecule has 0 aromatic carbocycles. The van der Waals surface area contributed by atoms with Crippen LogP contribution in [0.5, 0.6) is 0 Å². The number of piperidine rings is 1. The second-order valence-corrected chi connectivity index (χ2v) is 7.96. The Morgan fingerprint density at radius 2 is 2.05 bits per heavy atom. The summed E-state index contributed by atoms with van der Waals surface area (Å²) >= 11 is 0. The first-order valence-corrected chi connectivity index (χ1v) is 8.85. The third kappa shape index (κ3) is 3.11. The Kier molecular flexibility index (Phi) is 4.50. The molecule has 0 radical (unpaired) electrons. The maximum Gasteiger partial charge on any atom is 0.240 e. The quantitative estimate of drug-likeness (QED) is 0.806. The summed E-state index contributed by atoms with van der Waals surface area (Å²) in [6.45, 7) is 2.95. The van der Waals surface area contributed by atoms with Crippen molar-refractivity contribution >= 4 is 15.7 Å². The van der Waals surface area contributed by atoms with Crippen LogP contribution < -0.4 is 0 Å². The van der Waals surface area contributed by atoms with E-state index in [2.05, 4.69) is 0 Å². The molecule has 0 aromatic heterocycles. The molecule has 2 heterocycles. The minimum absolute atomic E-state index is 0.0731. The predicted molar refractivity (Wildman–Crippen MR) is 72.4 cm³/mol. The van der Waals surface area contributed by atoms with E-state index in [4.69, 9.17) is 0 Å². The molecular formula is C13H23NO4S. The molecule has 2 aliphatic rings. The highest BCUT2D eigenvalue weighted by atomic mass is 32.2. The predicted octanol–water partition coefficient (Wildman–Crippen LogP) is 0.573. The number of amides is 1. The standard InChI is InChI=1S/C13H23NO4S/c1-2-10-9-14(7-6-11(10)15)13(16)12-5-3-4-8-19(12,17)18/h10-12,15H,2-9H2,1H3. The van der Waals surface area contributed by atoms with Crippen LogP contribution in [0.3, 0.4) is 0 Å². The molecule has 110 valence electrons. The molecule has 1 N–H and O–H groups in total. The van der Waals surface area contributed by atoms with Crippen LogP contribution in [0.1, 0.15) is 39.0 Å². The fraction of sp³-hybridized carbons (Fsp3) is 0.923. The topological polar surface area (TPSA) is 74.7 Å². The van der Waals surface area contributed by atoms with E-state index < -0.39 is 15.1 Å². The van der Waals surface area contributed by atoms with Gasteiger partial charge < -0.3 is 10.0 Å². The number of hydrogen-bond donors (Lipinski definition) is 1. The molecule has 2 rings (SSSR count). The van der Waals surface area contributed by atoms with Crippen LogP contribution >= 0.6 is 0 Å². The lowest BCUT2D eigenvalue weighted by Crippen LogP contribution is -2.51. The number of carbonyl (C=O) groups excluding carboxylic acids is 1. The van der Waals surface area contributed by atoms with Crippen LogP contribution in [0.4, 0.5) is 0 Å². The van der Waals surface area contributed by atoms with Crippen LogP contribution in [0.25, 0.3) is 0 Å².